The Morgan fingerprint density at radius 1 is 1.15 bits per heavy atom. The van der Waals surface area contributed by atoms with E-state index in [0.717, 1.165) is 5.52 Å². The molecular formula is C23H29N5O5S. The molecular weight excluding hydrogens is 458 g/mol. The Hall–Kier alpha value is -3.44. The maximum atomic E-state index is 12.8. The average molecular weight is 488 g/mol. The van der Waals surface area contributed by atoms with Gasteiger partial charge in [0.05, 0.1) is 28.7 Å². The summed E-state index contributed by atoms with van der Waals surface area (Å²) in [7, 11) is -0.316. The fourth-order valence-corrected chi connectivity index (χ4v) is 5.20. The minimum Gasteiger partial charge on any atom is -0.495 e. The van der Waals surface area contributed by atoms with E-state index in [-0.39, 0.29) is 22.8 Å². The molecule has 34 heavy (non-hydrogen) atoms. The van der Waals surface area contributed by atoms with Gasteiger partial charge in [0.15, 0.2) is 0 Å². The summed E-state index contributed by atoms with van der Waals surface area (Å²) in [5, 5.41) is 2.74. The van der Waals surface area contributed by atoms with E-state index in [2.05, 4.69) is 10.3 Å². The van der Waals surface area contributed by atoms with Crippen molar-refractivity contribution in [3.8, 4) is 5.75 Å². The molecule has 0 bridgehead atoms. The first-order chi connectivity index (χ1) is 16.1. The zero-order valence-corrected chi connectivity index (χ0v) is 20.5. The molecule has 2 amide bonds. The van der Waals surface area contributed by atoms with Gasteiger partial charge in [-0.1, -0.05) is 13.8 Å². The van der Waals surface area contributed by atoms with Crippen molar-refractivity contribution in [1.82, 2.24) is 13.9 Å². The number of methoxy groups -OCH3 is 1. The van der Waals surface area contributed by atoms with Crippen molar-refractivity contribution in [2.75, 3.05) is 25.5 Å². The summed E-state index contributed by atoms with van der Waals surface area (Å²) in [5.41, 5.74) is 7.23. The molecule has 3 N–H and O–H groups in total. The van der Waals surface area contributed by atoms with Gasteiger partial charge in [0.2, 0.25) is 21.8 Å². The number of imidazole rings is 1. The number of carbonyl (C=O) groups excluding carboxylic acids is 2. The number of anilines is 1. The maximum Gasteiger partial charge on any atom is 0.248 e. The smallest absolute Gasteiger partial charge is 0.248 e. The predicted octanol–water partition coefficient (Wildman–Crippen LogP) is 2.28. The number of fused-ring (bicyclic) bond motifs is 1. The van der Waals surface area contributed by atoms with Crippen molar-refractivity contribution in [3.05, 3.63) is 47.8 Å². The molecule has 3 rings (SSSR count). The van der Waals surface area contributed by atoms with Crippen molar-refractivity contribution in [2.24, 2.45) is 12.8 Å². The van der Waals surface area contributed by atoms with Crippen LogP contribution in [0.3, 0.4) is 0 Å². The number of hydrogen-bond acceptors (Lipinski definition) is 6. The lowest BCUT2D eigenvalue weighted by molar-refractivity contribution is -0.116. The van der Waals surface area contributed by atoms with Crippen molar-refractivity contribution in [2.45, 2.75) is 31.6 Å². The van der Waals surface area contributed by atoms with E-state index in [9.17, 15) is 18.0 Å². The monoisotopic (exact) mass is 487 g/mol. The van der Waals surface area contributed by atoms with Crippen molar-refractivity contribution in [1.29, 1.82) is 0 Å². The molecule has 2 aromatic carbocycles. The summed E-state index contributed by atoms with van der Waals surface area (Å²) in [4.78, 5) is 28.8. The van der Waals surface area contributed by atoms with Gasteiger partial charge in [-0.15, -0.1) is 0 Å². The number of rotatable bonds is 10. The van der Waals surface area contributed by atoms with Gasteiger partial charge in [-0.25, -0.2) is 13.4 Å². The summed E-state index contributed by atoms with van der Waals surface area (Å²) in [5.74, 6) is 0.139. The Labute approximate surface area is 198 Å². The highest BCUT2D eigenvalue weighted by molar-refractivity contribution is 7.89. The molecule has 0 saturated carbocycles. The van der Waals surface area contributed by atoms with Gasteiger partial charge >= 0.3 is 0 Å². The number of sulfonamides is 1. The van der Waals surface area contributed by atoms with Crippen molar-refractivity contribution < 1.29 is 22.7 Å². The van der Waals surface area contributed by atoms with Gasteiger partial charge < -0.3 is 20.4 Å². The molecule has 0 aliphatic rings. The van der Waals surface area contributed by atoms with Crippen LogP contribution in [0.5, 0.6) is 5.75 Å². The second kappa shape index (κ2) is 10.2. The van der Waals surface area contributed by atoms with Crippen LogP contribution < -0.4 is 15.8 Å². The van der Waals surface area contributed by atoms with Crippen LogP contribution in [0.2, 0.25) is 0 Å². The zero-order valence-electron chi connectivity index (χ0n) is 19.7. The lowest BCUT2D eigenvalue weighted by Crippen LogP contribution is -2.30. The molecule has 1 aromatic heterocycles. The summed E-state index contributed by atoms with van der Waals surface area (Å²) >= 11 is 0. The number of amides is 2. The number of carbonyl (C=O) groups is 2. The van der Waals surface area contributed by atoms with Gasteiger partial charge in [-0.3, -0.25) is 9.59 Å². The number of aryl methyl sites for hydroxylation is 2. The molecule has 0 aliphatic heterocycles. The van der Waals surface area contributed by atoms with E-state index < -0.39 is 15.9 Å². The number of nitrogens with two attached hydrogens (primary N) is 1. The first-order valence-corrected chi connectivity index (χ1v) is 12.3. The highest BCUT2D eigenvalue weighted by Crippen LogP contribution is 2.26. The van der Waals surface area contributed by atoms with E-state index in [1.807, 2.05) is 11.6 Å². The largest absolute Gasteiger partial charge is 0.495 e. The van der Waals surface area contributed by atoms with Crippen LogP contribution in [0.25, 0.3) is 11.0 Å². The number of aromatic nitrogens is 2. The number of benzene rings is 2. The molecule has 0 saturated heterocycles. The van der Waals surface area contributed by atoms with Crippen LogP contribution in [0.1, 0.15) is 36.5 Å². The summed E-state index contributed by atoms with van der Waals surface area (Å²) in [6.45, 7) is 4.35. The number of nitrogens with one attached hydrogen (secondary N) is 1. The summed E-state index contributed by atoms with van der Waals surface area (Å²) < 4.78 is 34.1. The van der Waals surface area contributed by atoms with Gasteiger partial charge in [-0.05, 0) is 36.4 Å². The second-order valence-electron chi connectivity index (χ2n) is 7.65. The van der Waals surface area contributed by atoms with Gasteiger partial charge in [0, 0.05) is 38.5 Å². The van der Waals surface area contributed by atoms with Gasteiger partial charge in [0.1, 0.15) is 11.6 Å². The first-order valence-electron chi connectivity index (χ1n) is 10.9. The highest BCUT2D eigenvalue weighted by Gasteiger charge is 2.23. The number of ether oxygens (including phenoxy) is 1. The molecule has 10 nitrogen and oxygen atoms in total. The van der Waals surface area contributed by atoms with Crippen LogP contribution >= 0.6 is 0 Å². The molecule has 0 spiro atoms. The number of hydrogen-bond donors (Lipinski definition) is 2. The lowest BCUT2D eigenvalue weighted by Gasteiger charge is -2.18. The van der Waals surface area contributed by atoms with Crippen LogP contribution in [0, 0.1) is 0 Å². The third kappa shape index (κ3) is 5.05. The fraction of sp³-hybridized carbons (Fsp3) is 0.348. The normalized spacial score (nSPS) is 11.7. The maximum absolute atomic E-state index is 12.8. The van der Waals surface area contributed by atoms with Crippen molar-refractivity contribution >= 4 is 38.6 Å². The average Bonchev–Trinajstić information content (AvgIpc) is 3.13. The first kappa shape index (κ1) is 25.2. The molecule has 3 aromatic rings. The van der Waals surface area contributed by atoms with Crippen LogP contribution in [-0.4, -0.2) is 54.3 Å². The standard InChI is InChI=1S/C23H29N5O5S/c1-5-28(6-2)34(31,32)16-8-9-19-17(14-16)25-21(27(19)3)11-12-22(29)26-18-13-15(23(24)30)7-10-20(18)33-4/h7-10,13-14H,5-6,11-12H2,1-4H3,(H2,24,30)(H,26,29). The fourth-order valence-electron chi connectivity index (χ4n) is 3.72. The Balaban J connectivity index is 1.78. The third-order valence-electron chi connectivity index (χ3n) is 5.62. The molecule has 0 aliphatic carbocycles. The molecule has 0 fully saturated rings. The van der Waals surface area contributed by atoms with Gasteiger partial charge in [0.25, 0.3) is 0 Å². The third-order valence-corrected chi connectivity index (χ3v) is 7.67. The minimum absolute atomic E-state index is 0.117. The van der Waals surface area contributed by atoms with Gasteiger partial charge in [-0.2, -0.15) is 4.31 Å². The molecule has 11 heteroatoms. The zero-order chi connectivity index (χ0) is 25.0. The molecule has 0 atom stereocenters. The minimum atomic E-state index is -3.60. The Morgan fingerprint density at radius 2 is 1.85 bits per heavy atom. The molecule has 0 radical (unpaired) electrons. The Kier molecular flexibility index (Phi) is 7.57. The van der Waals surface area contributed by atoms with Crippen molar-refractivity contribution in [3.63, 3.8) is 0 Å². The molecule has 0 unspecified atom stereocenters. The quantitative estimate of drug-likeness (QED) is 0.450. The Morgan fingerprint density at radius 3 is 2.47 bits per heavy atom. The topological polar surface area (TPSA) is 137 Å². The predicted molar refractivity (Wildman–Crippen MR) is 129 cm³/mol. The second-order valence-corrected chi connectivity index (χ2v) is 9.59. The molecule has 1 heterocycles. The van der Waals surface area contributed by atoms with E-state index in [0.29, 0.717) is 42.3 Å². The van der Waals surface area contributed by atoms with E-state index >= 15 is 0 Å². The SMILES string of the molecule is CCN(CC)S(=O)(=O)c1ccc2c(c1)nc(CCC(=O)Nc1cc(C(N)=O)ccc1OC)n2C. The lowest BCUT2D eigenvalue weighted by atomic mass is 10.1. The van der Waals surface area contributed by atoms with Crippen LogP contribution in [0.15, 0.2) is 41.3 Å². The summed E-state index contributed by atoms with van der Waals surface area (Å²) in [6, 6.07) is 9.41. The molecule has 182 valence electrons. The number of nitrogens with zero attached hydrogens (tertiary/aromatic N) is 3. The van der Waals surface area contributed by atoms with Crippen LogP contribution in [-0.2, 0) is 28.3 Å². The Bertz CT molecular complexity index is 1330. The summed E-state index contributed by atoms with van der Waals surface area (Å²) in [6.07, 6.45) is 0.443. The highest BCUT2D eigenvalue weighted by atomic mass is 32.2. The van der Waals surface area contributed by atoms with E-state index in [1.54, 1.807) is 38.1 Å². The number of primary amides is 1. The van der Waals surface area contributed by atoms with E-state index in [1.165, 1.54) is 23.5 Å². The van der Waals surface area contributed by atoms with Crippen LogP contribution in [0.4, 0.5) is 5.69 Å². The van der Waals surface area contributed by atoms with E-state index in [4.69, 9.17) is 10.5 Å².